The summed E-state index contributed by atoms with van der Waals surface area (Å²) in [4.78, 5) is 29.7. The van der Waals surface area contributed by atoms with Crippen LogP contribution < -0.4 is 0 Å². The van der Waals surface area contributed by atoms with E-state index >= 15 is 0 Å². The third-order valence-corrected chi connectivity index (χ3v) is 4.90. The Kier molecular flexibility index (Phi) is 5.65. The zero-order chi connectivity index (χ0) is 17.8. The van der Waals surface area contributed by atoms with Crippen molar-refractivity contribution < 1.29 is 18.7 Å². The molecule has 1 aromatic rings. The van der Waals surface area contributed by atoms with E-state index in [4.69, 9.17) is 4.74 Å². The zero-order valence-electron chi connectivity index (χ0n) is 14.5. The summed E-state index contributed by atoms with van der Waals surface area (Å²) in [5.74, 6) is -0.367. The topological polar surface area (TPSA) is 53.1 Å². The van der Waals surface area contributed by atoms with Crippen LogP contribution in [0.4, 0.5) is 9.18 Å². The molecule has 3 rings (SSSR count). The van der Waals surface area contributed by atoms with E-state index in [1.807, 2.05) is 6.07 Å². The number of halogens is 1. The van der Waals surface area contributed by atoms with Crippen LogP contribution in [0.25, 0.3) is 0 Å². The van der Waals surface area contributed by atoms with Crippen LogP contribution >= 0.6 is 0 Å². The number of benzene rings is 1. The van der Waals surface area contributed by atoms with Gasteiger partial charge in [-0.3, -0.25) is 14.6 Å². The Bertz CT molecular complexity index is 632. The third kappa shape index (κ3) is 4.16. The lowest BCUT2D eigenvalue weighted by atomic mass is 10.0. The molecule has 0 spiro atoms. The largest absolute Gasteiger partial charge is 0.383 e. The lowest BCUT2D eigenvalue weighted by Gasteiger charge is -2.36. The van der Waals surface area contributed by atoms with Gasteiger partial charge in [-0.05, 0) is 30.5 Å². The van der Waals surface area contributed by atoms with Crippen molar-refractivity contribution in [3.8, 4) is 0 Å². The first kappa shape index (κ1) is 17.8. The van der Waals surface area contributed by atoms with E-state index in [9.17, 15) is 14.0 Å². The average molecular weight is 349 g/mol. The van der Waals surface area contributed by atoms with E-state index in [1.54, 1.807) is 24.1 Å². The van der Waals surface area contributed by atoms with Gasteiger partial charge in [0.25, 0.3) is 0 Å². The minimum atomic E-state index is -0.218. The van der Waals surface area contributed by atoms with E-state index in [0.717, 1.165) is 31.5 Å². The van der Waals surface area contributed by atoms with Crippen LogP contribution in [0.5, 0.6) is 0 Å². The van der Waals surface area contributed by atoms with Crippen LogP contribution in [-0.4, -0.2) is 72.6 Å². The number of likely N-dealkylation sites (tertiary alicyclic amines) is 1. The number of imide groups is 1. The second-order valence-corrected chi connectivity index (χ2v) is 6.59. The molecule has 0 saturated carbocycles. The van der Waals surface area contributed by atoms with Gasteiger partial charge in [-0.15, -0.1) is 0 Å². The number of hydrogen-bond donors (Lipinski definition) is 0. The molecular formula is C18H24FN3O3. The normalized spacial score (nSPS) is 19.9. The van der Waals surface area contributed by atoms with Crippen LogP contribution in [0.15, 0.2) is 24.3 Å². The molecule has 0 bridgehead atoms. The minimum absolute atomic E-state index is 0.0905. The fourth-order valence-electron chi connectivity index (χ4n) is 3.53. The highest BCUT2D eigenvalue weighted by atomic mass is 19.1. The first-order valence-electron chi connectivity index (χ1n) is 8.65. The van der Waals surface area contributed by atoms with Crippen LogP contribution in [0.2, 0.25) is 0 Å². The molecule has 6 nitrogen and oxygen atoms in total. The summed E-state index contributed by atoms with van der Waals surface area (Å²) in [7, 11) is 1.55. The Morgan fingerprint density at radius 1 is 1.24 bits per heavy atom. The second-order valence-electron chi connectivity index (χ2n) is 6.59. The van der Waals surface area contributed by atoms with Gasteiger partial charge >= 0.3 is 6.03 Å². The summed E-state index contributed by atoms with van der Waals surface area (Å²) in [5, 5.41) is 0. The summed E-state index contributed by atoms with van der Waals surface area (Å²) in [6, 6.07) is 6.54. The third-order valence-electron chi connectivity index (χ3n) is 4.90. The second kappa shape index (κ2) is 7.93. The zero-order valence-corrected chi connectivity index (χ0v) is 14.5. The minimum Gasteiger partial charge on any atom is -0.383 e. The summed E-state index contributed by atoms with van der Waals surface area (Å²) >= 11 is 0. The maximum atomic E-state index is 13.3. The number of hydrogen-bond acceptors (Lipinski definition) is 4. The molecule has 0 atom stereocenters. The van der Waals surface area contributed by atoms with Crippen molar-refractivity contribution in [2.75, 3.05) is 39.9 Å². The highest BCUT2D eigenvalue weighted by Crippen LogP contribution is 2.23. The van der Waals surface area contributed by atoms with Gasteiger partial charge in [-0.2, -0.15) is 0 Å². The molecule has 0 unspecified atom stereocenters. The van der Waals surface area contributed by atoms with Crippen molar-refractivity contribution in [2.45, 2.75) is 25.4 Å². The number of urea groups is 1. The number of methoxy groups -OCH3 is 1. The molecule has 7 heteroatoms. The number of carbonyl (C=O) groups is 2. The molecule has 2 fully saturated rings. The van der Waals surface area contributed by atoms with Gasteiger partial charge in [-0.25, -0.2) is 9.18 Å². The first-order chi connectivity index (χ1) is 12.1. The van der Waals surface area contributed by atoms with Gasteiger partial charge in [0.15, 0.2) is 0 Å². The Morgan fingerprint density at radius 3 is 2.68 bits per heavy atom. The monoisotopic (exact) mass is 349 g/mol. The van der Waals surface area contributed by atoms with Crippen molar-refractivity contribution in [2.24, 2.45) is 0 Å². The van der Waals surface area contributed by atoms with Crippen molar-refractivity contribution in [3.63, 3.8) is 0 Å². The highest BCUT2D eigenvalue weighted by Gasteiger charge is 2.40. The number of rotatable bonds is 6. The van der Waals surface area contributed by atoms with Crippen LogP contribution in [0.3, 0.4) is 0 Å². The number of carbonyl (C=O) groups excluding carboxylic acids is 2. The average Bonchev–Trinajstić information content (AvgIpc) is 2.88. The lowest BCUT2D eigenvalue weighted by Crippen LogP contribution is -2.46. The fourth-order valence-corrected chi connectivity index (χ4v) is 3.53. The van der Waals surface area contributed by atoms with Gasteiger partial charge in [0.2, 0.25) is 5.91 Å². The van der Waals surface area contributed by atoms with Gasteiger partial charge in [0.05, 0.1) is 13.2 Å². The van der Waals surface area contributed by atoms with E-state index < -0.39 is 0 Å². The number of piperidine rings is 1. The van der Waals surface area contributed by atoms with Crippen LogP contribution in [0.1, 0.15) is 18.4 Å². The molecule has 0 aromatic heterocycles. The Balaban J connectivity index is 1.52. The van der Waals surface area contributed by atoms with Crippen molar-refractivity contribution in [1.82, 2.24) is 14.7 Å². The first-order valence-corrected chi connectivity index (χ1v) is 8.65. The highest BCUT2D eigenvalue weighted by molar-refractivity contribution is 6.02. The maximum absolute atomic E-state index is 13.3. The Hall–Kier alpha value is -1.99. The van der Waals surface area contributed by atoms with Gasteiger partial charge in [-0.1, -0.05) is 12.1 Å². The van der Waals surface area contributed by atoms with E-state index in [0.29, 0.717) is 19.7 Å². The molecule has 0 aliphatic carbocycles. The smallest absolute Gasteiger partial charge is 0.327 e. The molecule has 0 N–H and O–H groups in total. The van der Waals surface area contributed by atoms with E-state index in [2.05, 4.69) is 4.90 Å². The molecule has 1 aromatic carbocycles. The number of amides is 3. The van der Waals surface area contributed by atoms with Crippen molar-refractivity contribution in [1.29, 1.82) is 0 Å². The Labute approximate surface area is 147 Å². The SMILES string of the molecule is COCCN1C(=O)CN(C2CCN(Cc3cccc(F)c3)CC2)C1=O. The standard InChI is InChI=1S/C18H24FN3O3/c1-25-10-9-21-17(23)13-22(18(21)24)16-5-7-20(8-6-16)12-14-3-2-4-15(19)11-14/h2-4,11,16H,5-10,12-13H2,1H3. The van der Waals surface area contributed by atoms with Crippen molar-refractivity contribution in [3.05, 3.63) is 35.6 Å². The molecule has 2 aliphatic heterocycles. The lowest BCUT2D eigenvalue weighted by molar-refractivity contribution is -0.125. The van der Waals surface area contributed by atoms with Crippen LogP contribution in [-0.2, 0) is 16.1 Å². The van der Waals surface area contributed by atoms with Crippen molar-refractivity contribution >= 4 is 11.9 Å². The van der Waals surface area contributed by atoms with Gasteiger partial charge < -0.3 is 9.64 Å². The molecule has 0 radical (unpaired) electrons. The summed E-state index contributed by atoms with van der Waals surface area (Å²) < 4.78 is 18.2. The fraction of sp³-hybridized carbons (Fsp3) is 0.556. The quantitative estimate of drug-likeness (QED) is 0.734. The summed E-state index contributed by atoms with van der Waals surface area (Å²) in [6.45, 7) is 3.20. The molecule has 2 aliphatic rings. The molecule has 136 valence electrons. The maximum Gasteiger partial charge on any atom is 0.327 e. The molecule has 3 amide bonds. The van der Waals surface area contributed by atoms with Gasteiger partial charge in [0, 0.05) is 32.8 Å². The van der Waals surface area contributed by atoms with Gasteiger partial charge in [0.1, 0.15) is 12.4 Å². The molecule has 2 heterocycles. The van der Waals surface area contributed by atoms with Crippen LogP contribution in [0, 0.1) is 5.82 Å². The molecule has 25 heavy (non-hydrogen) atoms. The van der Waals surface area contributed by atoms with E-state index in [1.165, 1.54) is 11.0 Å². The predicted octanol–water partition coefficient (Wildman–Crippen LogP) is 1.70. The predicted molar refractivity (Wildman–Crippen MR) is 90.4 cm³/mol. The number of ether oxygens (including phenoxy) is 1. The molecular weight excluding hydrogens is 325 g/mol. The molecule has 2 saturated heterocycles. The summed E-state index contributed by atoms with van der Waals surface area (Å²) in [5.41, 5.74) is 0.955. The Morgan fingerprint density at radius 2 is 2.00 bits per heavy atom. The summed E-state index contributed by atoms with van der Waals surface area (Å²) in [6.07, 6.45) is 1.65. The number of nitrogens with zero attached hydrogens (tertiary/aromatic N) is 3. The van der Waals surface area contributed by atoms with E-state index in [-0.39, 0.29) is 30.3 Å².